The first kappa shape index (κ1) is 19.3. The molecule has 1 fully saturated rings. The van der Waals surface area contributed by atoms with E-state index in [0.717, 1.165) is 0 Å². The molecule has 1 aliphatic carbocycles. The number of aliphatic hydroxyl groups is 3. The minimum atomic E-state index is -1.57. The van der Waals surface area contributed by atoms with Crippen LogP contribution in [0, 0.1) is 5.92 Å². The molecule has 1 amide bonds. The summed E-state index contributed by atoms with van der Waals surface area (Å²) in [5.74, 6) is -2.90. The van der Waals surface area contributed by atoms with E-state index in [9.17, 15) is 24.9 Å². The van der Waals surface area contributed by atoms with Gasteiger partial charge in [-0.25, -0.2) is 4.79 Å². The van der Waals surface area contributed by atoms with Crippen molar-refractivity contribution in [3.8, 4) is 0 Å². The van der Waals surface area contributed by atoms with E-state index >= 15 is 0 Å². The number of nitrogens with one attached hydrogen (secondary N) is 1. The van der Waals surface area contributed by atoms with Gasteiger partial charge in [0, 0.05) is 12.3 Å². The largest absolute Gasteiger partial charge is 0.512 e. The van der Waals surface area contributed by atoms with Crippen LogP contribution in [0.15, 0.2) is 11.3 Å². The van der Waals surface area contributed by atoms with Gasteiger partial charge in [0.1, 0.15) is 10.6 Å². The standard InChI is InChI=1S/C14H20Cl2N2O6/c1-4(17)11(22)18-10-8-7(5(19)3-6(20)9(8)21)12(23)24-14(10,2)13(15)16/h4,6,8-10,13,19-21H,3,17H2,1-2H3,(H,18,22)/p+1. The predicted molar refractivity (Wildman–Crippen MR) is 84.0 cm³/mol. The Hall–Kier alpha value is -1.06. The number of ether oxygens (including phenoxy) is 1. The van der Waals surface area contributed by atoms with Crippen LogP contribution >= 0.6 is 23.2 Å². The summed E-state index contributed by atoms with van der Waals surface area (Å²) < 4.78 is 5.30. The van der Waals surface area contributed by atoms with Crippen molar-refractivity contribution in [2.45, 2.75) is 55.0 Å². The van der Waals surface area contributed by atoms with Crippen LogP contribution < -0.4 is 11.1 Å². The minimum absolute atomic E-state index is 0.193. The molecule has 0 aromatic rings. The quantitative estimate of drug-likeness (QED) is 0.305. The third-order valence-corrected chi connectivity index (χ3v) is 5.36. The molecular weight excluding hydrogens is 363 g/mol. The van der Waals surface area contributed by atoms with Gasteiger partial charge in [0.15, 0.2) is 11.6 Å². The lowest BCUT2D eigenvalue weighted by atomic mass is 9.71. The Morgan fingerprint density at radius 1 is 1.46 bits per heavy atom. The van der Waals surface area contributed by atoms with Gasteiger partial charge in [-0.15, -0.1) is 23.2 Å². The molecule has 6 unspecified atom stereocenters. The fourth-order valence-corrected chi connectivity index (χ4v) is 3.39. The van der Waals surface area contributed by atoms with Crippen molar-refractivity contribution in [2.75, 3.05) is 0 Å². The van der Waals surface area contributed by atoms with Gasteiger partial charge < -0.3 is 31.1 Å². The lowest BCUT2D eigenvalue weighted by Crippen LogP contribution is -2.72. The zero-order chi connectivity index (χ0) is 18.4. The molecular formula is C14H21Cl2N2O6+. The van der Waals surface area contributed by atoms with Crippen LogP contribution in [0.4, 0.5) is 0 Å². The third kappa shape index (κ3) is 3.09. The van der Waals surface area contributed by atoms with Gasteiger partial charge in [-0.1, -0.05) is 0 Å². The maximum absolute atomic E-state index is 12.3. The van der Waals surface area contributed by atoms with Crippen molar-refractivity contribution in [1.29, 1.82) is 0 Å². The lowest BCUT2D eigenvalue weighted by Gasteiger charge is -2.50. The van der Waals surface area contributed by atoms with Gasteiger partial charge in [0.25, 0.3) is 5.91 Å². The first-order chi connectivity index (χ1) is 11.0. The molecule has 2 aliphatic rings. The summed E-state index contributed by atoms with van der Waals surface area (Å²) in [7, 11) is 0. The number of fused-ring (bicyclic) bond motifs is 1. The highest BCUT2D eigenvalue weighted by Crippen LogP contribution is 2.44. The SMILES string of the molecule is CC([NH3+])C(=O)NC1C2C(=C(O)CC(O)C2O)C(=O)OC1(C)C(Cl)Cl. The lowest BCUT2D eigenvalue weighted by molar-refractivity contribution is -0.398. The summed E-state index contributed by atoms with van der Waals surface area (Å²) in [6, 6.07) is -1.70. The van der Waals surface area contributed by atoms with E-state index in [1.165, 1.54) is 6.92 Å². The normalized spacial score (nSPS) is 37.8. The van der Waals surface area contributed by atoms with Crippen molar-refractivity contribution in [1.82, 2.24) is 5.32 Å². The molecule has 24 heavy (non-hydrogen) atoms. The highest BCUT2D eigenvalue weighted by atomic mass is 35.5. The van der Waals surface area contributed by atoms with Crippen molar-refractivity contribution >= 4 is 35.1 Å². The number of halogens is 2. The second-order valence-electron chi connectivity index (χ2n) is 6.41. The van der Waals surface area contributed by atoms with Gasteiger partial charge in [0.05, 0.1) is 23.8 Å². The van der Waals surface area contributed by atoms with E-state index in [4.69, 9.17) is 27.9 Å². The van der Waals surface area contributed by atoms with E-state index in [0.29, 0.717) is 0 Å². The zero-order valence-electron chi connectivity index (χ0n) is 13.2. The maximum Gasteiger partial charge on any atom is 0.338 e. The van der Waals surface area contributed by atoms with Crippen LogP contribution in [0.1, 0.15) is 20.3 Å². The molecule has 1 saturated heterocycles. The summed E-state index contributed by atoms with van der Waals surface area (Å²) >= 11 is 11.9. The van der Waals surface area contributed by atoms with E-state index in [2.05, 4.69) is 11.1 Å². The van der Waals surface area contributed by atoms with Crippen LogP contribution in [-0.2, 0) is 14.3 Å². The molecule has 6 atom stereocenters. The molecule has 7 N–H and O–H groups in total. The summed E-state index contributed by atoms with van der Waals surface area (Å²) in [6.45, 7) is 2.97. The predicted octanol–water partition coefficient (Wildman–Crippen LogP) is -1.23. The monoisotopic (exact) mass is 383 g/mol. The number of hydrogen-bond acceptors (Lipinski definition) is 6. The Morgan fingerprint density at radius 3 is 2.54 bits per heavy atom. The summed E-state index contributed by atoms with van der Waals surface area (Å²) in [4.78, 5) is 23.2. The number of carbonyl (C=O) groups is 2. The topological polar surface area (TPSA) is 144 Å². The maximum atomic E-state index is 12.3. The van der Waals surface area contributed by atoms with E-state index in [1.54, 1.807) is 6.92 Å². The number of aliphatic hydroxyl groups excluding tert-OH is 3. The van der Waals surface area contributed by atoms with Gasteiger partial charge in [-0.3, -0.25) is 4.79 Å². The van der Waals surface area contributed by atoms with Crippen LogP contribution in [0.2, 0.25) is 0 Å². The zero-order valence-corrected chi connectivity index (χ0v) is 14.7. The van der Waals surface area contributed by atoms with Gasteiger partial charge in [-0.05, 0) is 13.8 Å². The van der Waals surface area contributed by atoms with E-state index in [1.807, 2.05) is 0 Å². The first-order valence-corrected chi connectivity index (χ1v) is 8.31. The van der Waals surface area contributed by atoms with Crippen molar-refractivity contribution < 1.29 is 35.4 Å². The molecule has 0 spiro atoms. The number of quaternary nitrogens is 1. The molecule has 1 heterocycles. The second-order valence-corrected chi connectivity index (χ2v) is 7.51. The molecule has 0 bridgehead atoms. The summed E-state index contributed by atoms with van der Waals surface area (Å²) in [5.41, 5.74) is 1.84. The smallest absolute Gasteiger partial charge is 0.338 e. The Bertz CT molecular complexity index is 582. The van der Waals surface area contributed by atoms with E-state index in [-0.39, 0.29) is 12.0 Å². The third-order valence-electron chi connectivity index (χ3n) is 4.50. The number of cyclic esters (lactones) is 1. The van der Waals surface area contributed by atoms with Crippen LogP contribution in [0.3, 0.4) is 0 Å². The fraction of sp³-hybridized carbons (Fsp3) is 0.714. The molecule has 0 radical (unpaired) electrons. The highest BCUT2D eigenvalue weighted by Gasteiger charge is 2.59. The molecule has 10 heteroatoms. The molecule has 136 valence electrons. The number of alkyl halides is 2. The Balaban J connectivity index is 2.55. The molecule has 8 nitrogen and oxygen atoms in total. The van der Waals surface area contributed by atoms with Gasteiger partial charge >= 0.3 is 5.97 Å². The first-order valence-electron chi connectivity index (χ1n) is 7.43. The van der Waals surface area contributed by atoms with E-state index < -0.39 is 58.3 Å². The highest BCUT2D eigenvalue weighted by molar-refractivity contribution is 6.45. The second kappa shape index (κ2) is 6.68. The number of esters is 1. The fourth-order valence-electron chi connectivity index (χ4n) is 3.03. The van der Waals surface area contributed by atoms with Crippen LogP contribution in [-0.4, -0.2) is 61.9 Å². The Kier molecular flexibility index (Phi) is 5.37. The average Bonchev–Trinajstić information content (AvgIpc) is 2.46. The van der Waals surface area contributed by atoms with Crippen molar-refractivity contribution in [2.24, 2.45) is 5.92 Å². The Morgan fingerprint density at radius 2 is 2.04 bits per heavy atom. The summed E-state index contributed by atoms with van der Waals surface area (Å²) in [6.07, 6.45) is -3.02. The van der Waals surface area contributed by atoms with Gasteiger partial charge in [0.2, 0.25) is 0 Å². The Labute approximate surface area is 148 Å². The number of carbonyl (C=O) groups excluding carboxylic acids is 2. The number of rotatable bonds is 3. The molecule has 0 aromatic carbocycles. The molecule has 0 aromatic heterocycles. The number of hydrogen-bond donors (Lipinski definition) is 5. The average molecular weight is 384 g/mol. The minimum Gasteiger partial charge on any atom is -0.512 e. The van der Waals surface area contributed by atoms with Crippen LogP contribution in [0.5, 0.6) is 0 Å². The molecule has 2 rings (SSSR count). The van der Waals surface area contributed by atoms with Crippen LogP contribution in [0.25, 0.3) is 0 Å². The summed E-state index contributed by atoms with van der Waals surface area (Å²) in [5, 5.41) is 33.0. The molecule has 0 saturated carbocycles. The van der Waals surface area contributed by atoms with Crippen molar-refractivity contribution in [3.63, 3.8) is 0 Å². The molecule has 1 aliphatic heterocycles. The van der Waals surface area contributed by atoms with Gasteiger partial charge in [-0.2, -0.15) is 0 Å². The van der Waals surface area contributed by atoms with Crippen molar-refractivity contribution in [3.05, 3.63) is 11.3 Å². The number of amides is 1.